The zero-order valence-electron chi connectivity index (χ0n) is 8.82. The maximum Gasteiger partial charge on any atom is 0.315 e. The van der Waals surface area contributed by atoms with E-state index in [1.807, 2.05) is 12.1 Å². The van der Waals surface area contributed by atoms with E-state index in [0.29, 0.717) is 12.3 Å². The van der Waals surface area contributed by atoms with Crippen molar-refractivity contribution in [3.8, 4) is 5.75 Å². The molecule has 1 saturated heterocycles. The maximum atomic E-state index is 10.9. The molecular weight excluding hydrogens is 208 g/mol. The molecule has 1 aromatic carbocycles. The molecule has 1 heterocycles. The minimum absolute atomic E-state index is 0.0149. The van der Waals surface area contributed by atoms with Crippen LogP contribution in [0.25, 0.3) is 0 Å². The summed E-state index contributed by atoms with van der Waals surface area (Å²) in [6.07, 6.45) is 0. The van der Waals surface area contributed by atoms with Crippen molar-refractivity contribution in [2.24, 2.45) is 0 Å². The van der Waals surface area contributed by atoms with Crippen LogP contribution in [0, 0.1) is 0 Å². The van der Waals surface area contributed by atoms with Crippen LogP contribution in [0.2, 0.25) is 0 Å². The number of carbonyl (C=O) groups is 2. The molecule has 16 heavy (non-hydrogen) atoms. The first-order valence-electron chi connectivity index (χ1n) is 4.98. The van der Waals surface area contributed by atoms with Gasteiger partial charge in [-0.1, -0.05) is 12.1 Å². The molecule has 0 spiro atoms. The number of nitrogens with one attached hydrogen (secondary N) is 2. The highest BCUT2D eigenvalue weighted by molar-refractivity contribution is 5.76. The lowest BCUT2D eigenvalue weighted by Crippen LogP contribution is -2.21. The second-order valence-corrected chi connectivity index (χ2v) is 3.57. The number of hydrogen-bond acceptors (Lipinski definition) is 3. The minimum Gasteiger partial charge on any atom is -0.427 e. The topological polar surface area (TPSA) is 67.4 Å². The van der Waals surface area contributed by atoms with Crippen molar-refractivity contribution in [2.75, 3.05) is 6.54 Å². The van der Waals surface area contributed by atoms with Crippen molar-refractivity contribution < 1.29 is 14.3 Å². The molecule has 1 atom stereocenters. The molecule has 0 aromatic heterocycles. The highest BCUT2D eigenvalue weighted by atomic mass is 16.5. The Morgan fingerprint density at radius 2 is 2.06 bits per heavy atom. The molecule has 0 aliphatic carbocycles. The molecule has 1 aliphatic heterocycles. The average Bonchev–Trinajstić information content (AvgIpc) is 2.65. The van der Waals surface area contributed by atoms with Crippen molar-refractivity contribution in [1.29, 1.82) is 0 Å². The predicted octanol–water partition coefficient (Wildman–Crippen LogP) is 0.966. The van der Waals surface area contributed by atoms with E-state index in [4.69, 9.17) is 4.74 Å². The SMILES string of the molecule is CC(=O)Oc1ccc([C@H]2CNC(=O)N2)cc1. The molecule has 1 fully saturated rings. The van der Waals surface area contributed by atoms with Gasteiger partial charge in [0.25, 0.3) is 0 Å². The molecule has 1 aliphatic rings. The van der Waals surface area contributed by atoms with Gasteiger partial charge in [0, 0.05) is 13.5 Å². The summed E-state index contributed by atoms with van der Waals surface area (Å²) in [5, 5.41) is 5.45. The van der Waals surface area contributed by atoms with Crippen LogP contribution in [0.15, 0.2) is 24.3 Å². The van der Waals surface area contributed by atoms with Crippen LogP contribution in [-0.2, 0) is 4.79 Å². The standard InChI is InChI=1S/C11H12N2O3/c1-7(14)16-9-4-2-8(3-5-9)10-6-12-11(15)13-10/h2-5,10H,6H2,1H3,(H2,12,13,15)/t10-/m1/s1. The quantitative estimate of drug-likeness (QED) is 0.576. The summed E-state index contributed by atoms with van der Waals surface area (Å²) >= 11 is 0. The molecule has 0 radical (unpaired) electrons. The van der Waals surface area contributed by atoms with Crippen LogP contribution >= 0.6 is 0 Å². The van der Waals surface area contributed by atoms with Crippen molar-refractivity contribution in [1.82, 2.24) is 10.6 Å². The highest BCUT2D eigenvalue weighted by Crippen LogP contribution is 2.19. The first-order valence-corrected chi connectivity index (χ1v) is 4.98. The van der Waals surface area contributed by atoms with Gasteiger partial charge < -0.3 is 15.4 Å². The summed E-state index contributed by atoms with van der Waals surface area (Å²) in [5.74, 6) is 0.164. The molecule has 2 N–H and O–H groups in total. The fraction of sp³-hybridized carbons (Fsp3) is 0.273. The zero-order valence-corrected chi connectivity index (χ0v) is 8.82. The number of urea groups is 1. The Bertz CT molecular complexity index is 414. The van der Waals surface area contributed by atoms with Crippen molar-refractivity contribution in [3.63, 3.8) is 0 Å². The number of esters is 1. The molecule has 0 saturated carbocycles. The van der Waals surface area contributed by atoms with Gasteiger partial charge in [-0.15, -0.1) is 0 Å². The van der Waals surface area contributed by atoms with Crippen molar-refractivity contribution in [3.05, 3.63) is 29.8 Å². The molecular formula is C11H12N2O3. The van der Waals surface area contributed by atoms with Gasteiger partial charge in [-0.2, -0.15) is 0 Å². The fourth-order valence-electron chi connectivity index (χ4n) is 1.59. The Hall–Kier alpha value is -2.04. The van der Waals surface area contributed by atoms with Gasteiger partial charge in [0.15, 0.2) is 0 Å². The van der Waals surface area contributed by atoms with E-state index in [1.165, 1.54) is 6.92 Å². The summed E-state index contributed by atoms with van der Waals surface area (Å²) in [6, 6.07) is 6.91. The molecule has 5 heteroatoms. The number of hydrogen-bond donors (Lipinski definition) is 2. The monoisotopic (exact) mass is 220 g/mol. The smallest absolute Gasteiger partial charge is 0.315 e. The second kappa shape index (κ2) is 4.22. The third-order valence-corrected chi connectivity index (χ3v) is 2.32. The number of benzene rings is 1. The summed E-state index contributed by atoms with van der Waals surface area (Å²) in [5.41, 5.74) is 0.981. The Balaban J connectivity index is 2.07. The van der Waals surface area contributed by atoms with Gasteiger partial charge in [-0.25, -0.2) is 4.79 Å². The molecule has 1 aromatic rings. The van der Waals surface area contributed by atoms with Crippen LogP contribution < -0.4 is 15.4 Å². The lowest BCUT2D eigenvalue weighted by Gasteiger charge is -2.09. The van der Waals surface area contributed by atoms with Gasteiger partial charge in [0.2, 0.25) is 0 Å². The second-order valence-electron chi connectivity index (χ2n) is 3.57. The van der Waals surface area contributed by atoms with E-state index in [1.54, 1.807) is 12.1 Å². The first-order chi connectivity index (χ1) is 7.65. The Kier molecular flexibility index (Phi) is 2.76. The molecule has 2 amide bonds. The lowest BCUT2D eigenvalue weighted by molar-refractivity contribution is -0.131. The van der Waals surface area contributed by atoms with Crippen molar-refractivity contribution >= 4 is 12.0 Å². The van der Waals surface area contributed by atoms with Gasteiger partial charge >= 0.3 is 12.0 Å². The molecule has 0 bridgehead atoms. The van der Waals surface area contributed by atoms with Gasteiger partial charge in [0.05, 0.1) is 6.04 Å². The van der Waals surface area contributed by atoms with Gasteiger partial charge in [-0.05, 0) is 17.7 Å². The number of rotatable bonds is 2. The van der Waals surface area contributed by atoms with E-state index in [9.17, 15) is 9.59 Å². The summed E-state index contributed by atoms with van der Waals surface area (Å²) in [7, 11) is 0. The maximum absolute atomic E-state index is 10.9. The normalized spacial score (nSPS) is 18.8. The Morgan fingerprint density at radius 3 is 2.56 bits per heavy atom. The number of ether oxygens (including phenoxy) is 1. The number of carbonyl (C=O) groups excluding carboxylic acids is 2. The third kappa shape index (κ3) is 2.31. The van der Waals surface area contributed by atoms with Crippen LogP contribution in [0.1, 0.15) is 18.5 Å². The molecule has 2 rings (SSSR count). The summed E-state index contributed by atoms with van der Waals surface area (Å²) in [4.78, 5) is 21.7. The van der Waals surface area contributed by atoms with Crippen LogP contribution in [0.4, 0.5) is 4.79 Å². The van der Waals surface area contributed by atoms with Crippen molar-refractivity contribution in [2.45, 2.75) is 13.0 Å². The fourth-order valence-corrected chi connectivity index (χ4v) is 1.59. The Labute approximate surface area is 92.8 Å². The highest BCUT2D eigenvalue weighted by Gasteiger charge is 2.21. The largest absolute Gasteiger partial charge is 0.427 e. The van der Waals surface area contributed by atoms with E-state index < -0.39 is 0 Å². The van der Waals surface area contributed by atoms with E-state index in [0.717, 1.165) is 5.56 Å². The zero-order chi connectivity index (χ0) is 11.5. The van der Waals surface area contributed by atoms with Gasteiger partial charge in [0.1, 0.15) is 5.75 Å². The lowest BCUT2D eigenvalue weighted by atomic mass is 10.1. The van der Waals surface area contributed by atoms with Crippen LogP contribution in [-0.4, -0.2) is 18.5 Å². The Morgan fingerprint density at radius 1 is 1.38 bits per heavy atom. The molecule has 0 unspecified atom stereocenters. The molecule has 5 nitrogen and oxygen atoms in total. The number of amides is 2. The van der Waals surface area contributed by atoms with Crippen LogP contribution in [0.5, 0.6) is 5.75 Å². The van der Waals surface area contributed by atoms with Crippen LogP contribution in [0.3, 0.4) is 0 Å². The minimum atomic E-state index is -0.344. The summed E-state index contributed by atoms with van der Waals surface area (Å²) < 4.78 is 4.91. The summed E-state index contributed by atoms with van der Waals surface area (Å²) in [6.45, 7) is 1.93. The third-order valence-electron chi connectivity index (χ3n) is 2.32. The van der Waals surface area contributed by atoms with E-state index in [2.05, 4.69) is 10.6 Å². The first kappa shape index (κ1) is 10.5. The predicted molar refractivity (Wildman–Crippen MR) is 57.0 cm³/mol. The average molecular weight is 220 g/mol. The van der Waals surface area contributed by atoms with E-state index >= 15 is 0 Å². The van der Waals surface area contributed by atoms with Gasteiger partial charge in [-0.3, -0.25) is 4.79 Å². The van der Waals surface area contributed by atoms with E-state index in [-0.39, 0.29) is 18.0 Å². The molecule has 84 valence electrons.